The van der Waals surface area contributed by atoms with Crippen molar-refractivity contribution in [3.8, 4) is 17.0 Å². The summed E-state index contributed by atoms with van der Waals surface area (Å²) in [6.45, 7) is 4.93. The first kappa shape index (κ1) is 20.3. The van der Waals surface area contributed by atoms with E-state index in [0.717, 1.165) is 22.6 Å². The zero-order chi connectivity index (χ0) is 20.6. The summed E-state index contributed by atoms with van der Waals surface area (Å²) in [6, 6.07) is 18.4. The monoisotopic (exact) mass is 391 g/mol. The molecule has 150 valence electrons. The molecule has 3 rings (SSSR count). The van der Waals surface area contributed by atoms with Crippen molar-refractivity contribution in [3.05, 3.63) is 76.6 Å². The molecule has 6 nitrogen and oxygen atoms in total. The lowest BCUT2D eigenvalue weighted by atomic mass is 10.1. The van der Waals surface area contributed by atoms with E-state index < -0.39 is 0 Å². The van der Waals surface area contributed by atoms with Gasteiger partial charge in [0.25, 0.3) is 5.56 Å². The number of benzene rings is 2. The van der Waals surface area contributed by atoms with Gasteiger partial charge in [0, 0.05) is 30.3 Å². The van der Waals surface area contributed by atoms with Gasteiger partial charge in [-0.3, -0.25) is 9.59 Å². The molecule has 0 aliphatic carbocycles. The average Bonchev–Trinajstić information content (AvgIpc) is 2.72. The lowest BCUT2D eigenvalue weighted by molar-refractivity contribution is -0.116. The first-order valence-electron chi connectivity index (χ1n) is 9.73. The van der Waals surface area contributed by atoms with Gasteiger partial charge in [-0.1, -0.05) is 17.7 Å². The fraction of sp³-hybridized carbons (Fsp3) is 0.261. The molecule has 0 atom stereocenters. The number of ether oxygens (including phenoxy) is 1. The maximum atomic E-state index is 12.1. The van der Waals surface area contributed by atoms with Crippen molar-refractivity contribution in [2.75, 3.05) is 11.9 Å². The maximum absolute atomic E-state index is 12.1. The van der Waals surface area contributed by atoms with Crippen molar-refractivity contribution in [1.29, 1.82) is 0 Å². The summed E-state index contributed by atoms with van der Waals surface area (Å²) in [7, 11) is 0. The molecule has 2 aromatic carbocycles. The van der Waals surface area contributed by atoms with E-state index in [9.17, 15) is 9.59 Å². The summed E-state index contributed by atoms with van der Waals surface area (Å²) >= 11 is 0. The fourth-order valence-electron chi connectivity index (χ4n) is 2.90. The number of anilines is 1. The van der Waals surface area contributed by atoms with E-state index in [0.29, 0.717) is 31.7 Å². The van der Waals surface area contributed by atoms with Crippen molar-refractivity contribution in [3.63, 3.8) is 0 Å². The highest BCUT2D eigenvalue weighted by molar-refractivity contribution is 5.90. The number of nitrogens with zero attached hydrogens (tertiary/aromatic N) is 2. The van der Waals surface area contributed by atoms with Crippen LogP contribution in [0.25, 0.3) is 11.3 Å². The second kappa shape index (κ2) is 9.68. The van der Waals surface area contributed by atoms with E-state index in [4.69, 9.17) is 4.74 Å². The molecule has 1 aromatic heterocycles. The Hall–Kier alpha value is -3.41. The molecule has 6 heteroatoms. The van der Waals surface area contributed by atoms with Gasteiger partial charge in [-0.05, 0) is 62.7 Å². The highest BCUT2D eigenvalue weighted by Crippen LogP contribution is 2.20. The summed E-state index contributed by atoms with van der Waals surface area (Å²) < 4.78 is 6.86. The third-order valence-corrected chi connectivity index (χ3v) is 4.44. The average molecular weight is 391 g/mol. The number of amides is 1. The molecular weight excluding hydrogens is 366 g/mol. The summed E-state index contributed by atoms with van der Waals surface area (Å²) in [5.74, 6) is 0.716. The predicted molar refractivity (Wildman–Crippen MR) is 114 cm³/mol. The largest absolute Gasteiger partial charge is 0.494 e. The molecule has 1 amide bonds. The minimum atomic E-state index is -0.182. The van der Waals surface area contributed by atoms with Gasteiger partial charge in [0.15, 0.2) is 0 Å². The maximum Gasteiger partial charge on any atom is 0.266 e. The molecule has 0 unspecified atom stereocenters. The van der Waals surface area contributed by atoms with Crippen LogP contribution in [0.3, 0.4) is 0 Å². The molecule has 0 saturated carbocycles. The van der Waals surface area contributed by atoms with Crippen LogP contribution in [0.4, 0.5) is 5.69 Å². The Kier molecular flexibility index (Phi) is 6.79. The van der Waals surface area contributed by atoms with Gasteiger partial charge >= 0.3 is 0 Å². The van der Waals surface area contributed by atoms with Crippen molar-refractivity contribution >= 4 is 11.6 Å². The van der Waals surface area contributed by atoms with Gasteiger partial charge in [0.05, 0.1) is 12.3 Å². The van der Waals surface area contributed by atoms with Crippen LogP contribution in [0.2, 0.25) is 0 Å². The third kappa shape index (κ3) is 5.78. The Balaban J connectivity index is 1.59. The van der Waals surface area contributed by atoms with Crippen LogP contribution in [0, 0.1) is 6.92 Å². The smallest absolute Gasteiger partial charge is 0.266 e. The Labute approximate surface area is 170 Å². The number of aryl methyl sites for hydroxylation is 2. The molecule has 0 spiro atoms. The number of carbonyl (C=O) groups excluding carboxylic acids is 1. The highest BCUT2D eigenvalue weighted by Gasteiger charge is 2.06. The molecule has 1 N–H and O–H groups in total. The lowest BCUT2D eigenvalue weighted by Gasteiger charge is -2.09. The van der Waals surface area contributed by atoms with E-state index in [1.54, 1.807) is 6.07 Å². The number of rotatable bonds is 8. The summed E-state index contributed by atoms with van der Waals surface area (Å²) in [5.41, 5.74) is 3.34. The van der Waals surface area contributed by atoms with Gasteiger partial charge in [0.2, 0.25) is 5.91 Å². The molecule has 1 heterocycles. The van der Waals surface area contributed by atoms with E-state index >= 15 is 0 Å². The van der Waals surface area contributed by atoms with Gasteiger partial charge in [0.1, 0.15) is 5.75 Å². The molecule has 0 aliphatic rings. The van der Waals surface area contributed by atoms with Crippen LogP contribution in [0.15, 0.2) is 65.5 Å². The van der Waals surface area contributed by atoms with Crippen molar-refractivity contribution in [2.24, 2.45) is 0 Å². The molecule has 0 aliphatic heterocycles. The van der Waals surface area contributed by atoms with Crippen molar-refractivity contribution in [2.45, 2.75) is 33.2 Å². The second-order valence-electron chi connectivity index (χ2n) is 6.76. The molecule has 3 aromatic rings. The first-order valence-corrected chi connectivity index (χ1v) is 9.73. The van der Waals surface area contributed by atoms with Gasteiger partial charge in [-0.25, -0.2) is 4.68 Å². The Morgan fingerprint density at radius 1 is 1.03 bits per heavy atom. The Bertz CT molecular complexity index is 1010. The number of hydrogen-bond acceptors (Lipinski definition) is 4. The molecule has 29 heavy (non-hydrogen) atoms. The minimum absolute atomic E-state index is 0.0791. The second-order valence-corrected chi connectivity index (χ2v) is 6.76. The molecule has 0 fully saturated rings. The Morgan fingerprint density at radius 2 is 1.76 bits per heavy atom. The van der Waals surface area contributed by atoms with E-state index in [-0.39, 0.29) is 11.5 Å². The molecule has 0 saturated heterocycles. The van der Waals surface area contributed by atoms with Crippen molar-refractivity contribution < 1.29 is 9.53 Å². The fourth-order valence-corrected chi connectivity index (χ4v) is 2.90. The normalized spacial score (nSPS) is 10.6. The van der Waals surface area contributed by atoms with Crippen LogP contribution in [0.5, 0.6) is 5.75 Å². The van der Waals surface area contributed by atoms with E-state index in [2.05, 4.69) is 10.4 Å². The highest BCUT2D eigenvalue weighted by atomic mass is 16.5. The molecular formula is C23H25N3O3. The van der Waals surface area contributed by atoms with Crippen LogP contribution in [-0.2, 0) is 11.3 Å². The number of carbonyl (C=O) groups is 1. The van der Waals surface area contributed by atoms with Crippen LogP contribution in [0.1, 0.15) is 25.3 Å². The zero-order valence-electron chi connectivity index (χ0n) is 16.7. The number of nitrogens with one attached hydrogen (secondary N) is 1. The predicted octanol–water partition coefficient (Wildman–Crippen LogP) is 4.04. The summed E-state index contributed by atoms with van der Waals surface area (Å²) in [6.07, 6.45) is 0.840. The molecule has 0 radical (unpaired) electrons. The first-order chi connectivity index (χ1) is 14.0. The van der Waals surface area contributed by atoms with E-state index in [1.807, 2.05) is 62.4 Å². The summed E-state index contributed by atoms with van der Waals surface area (Å²) in [5, 5.41) is 7.30. The molecule has 0 bridgehead atoms. The quantitative estimate of drug-likeness (QED) is 0.629. The van der Waals surface area contributed by atoms with Crippen LogP contribution in [-0.4, -0.2) is 22.3 Å². The van der Waals surface area contributed by atoms with E-state index in [1.165, 1.54) is 10.7 Å². The zero-order valence-corrected chi connectivity index (χ0v) is 16.7. The van der Waals surface area contributed by atoms with Gasteiger partial charge < -0.3 is 10.1 Å². The SMILES string of the molecule is CCOc1ccc(-c2ccc(=O)n(CCCC(=O)Nc3ccc(C)cc3)n2)cc1. The topological polar surface area (TPSA) is 73.2 Å². The van der Waals surface area contributed by atoms with Crippen molar-refractivity contribution in [1.82, 2.24) is 9.78 Å². The van der Waals surface area contributed by atoms with Gasteiger partial charge in [-0.15, -0.1) is 0 Å². The van der Waals surface area contributed by atoms with Crippen LogP contribution < -0.4 is 15.6 Å². The third-order valence-electron chi connectivity index (χ3n) is 4.44. The van der Waals surface area contributed by atoms with Crippen LogP contribution >= 0.6 is 0 Å². The summed E-state index contributed by atoms with van der Waals surface area (Å²) in [4.78, 5) is 24.2. The number of aromatic nitrogens is 2. The minimum Gasteiger partial charge on any atom is -0.494 e. The number of hydrogen-bond donors (Lipinski definition) is 1. The Morgan fingerprint density at radius 3 is 2.45 bits per heavy atom. The van der Waals surface area contributed by atoms with Gasteiger partial charge in [-0.2, -0.15) is 5.10 Å². The standard InChI is InChI=1S/C23H25N3O3/c1-3-29-20-12-8-18(9-13-20)21-14-15-23(28)26(25-21)16-4-5-22(27)24-19-10-6-17(2)7-11-19/h6-15H,3-5,16H2,1-2H3,(H,24,27). The lowest BCUT2D eigenvalue weighted by Crippen LogP contribution is -2.23.